The number of furan rings is 1. The maximum absolute atomic E-state index is 8.53. The van der Waals surface area contributed by atoms with Crippen molar-refractivity contribution in [3.63, 3.8) is 0 Å². The zero-order chi connectivity index (χ0) is 9.97. The summed E-state index contributed by atoms with van der Waals surface area (Å²) in [4.78, 5) is 0. The molecule has 1 aromatic carbocycles. The van der Waals surface area contributed by atoms with E-state index in [1.807, 2.05) is 25.1 Å². The second-order valence-corrected chi connectivity index (χ2v) is 3.34. The Balaban J connectivity index is 2.48. The Labute approximate surface area is 82.8 Å². The van der Waals surface area contributed by atoms with Gasteiger partial charge in [-0.2, -0.15) is 5.26 Å². The summed E-state index contributed by atoms with van der Waals surface area (Å²) >= 11 is 0. The molecule has 1 aromatic heterocycles. The molecule has 14 heavy (non-hydrogen) atoms. The van der Waals surface area contributed by atoms with Gasteiger partial charge in [-0.15, -0.1) is 0 Å². The van der Waals surface area contributed by atoms with E-state index < -0.39 is 0 Å². The van der Waals surface area contributed by atoms with Gasteiger partial charge in [0.2, 0.25) is 0 Å². The molecule has 2 nitrogen and oxygen atoms in total. The smallest absolute Gasteiger partial charge is 0.134 e. The fraction of sp³-hybridized carbons (Fsp3) is 0.250. The SMILES string of the molecule is Cc1cc2c(CCC#N)cccc2o1. The van der Waals surface area contributed by atoms with E-state index in [0.29, 0.717) is 6.42 Å². The van der Waals surface area contributed by atoms with E-state index in [0.717, 1.165) is 23.2 Å². The molecule has 70 valence electrons. The van der Waals surface area contributed by atoms with Crippen LogP contribution >= 0.6 is 0 Å². The molecule has 0 N–H and O–H groups in total. The summed E-state index contributed by atoms with van der Waals surface area (Å²) < 4.78 is 5.51. The Morgan fingerprint density at radius 2 is 2.29 bits per heavy atom. The van der Waals surface area contributed by atoms with Crippen LogP contribution in [0.1, 0.15) is 17.7 Å². The highest BCUT2D eigenvalue weighted by atomic mass is 16.3. The van der Waals surface area contributed by atoms with Crippen LogP contribution in [-0.4, -0.2) is 0 Å². The Kier molecular flexibility index (Phi) is 2.24. The van der Waals surface area contributed by atoms with Gasteiger partial charge in [0.25, 0.3) is 0 Å². The van der Waals surface area contributed by atoms with E-state index >= 15 is 0 Å². The monoisotopic (exact) mass is 185 g/mol. The minimum atomic E-state index is 0.559. The van der Waals surface area contributed by atoms with Crippen molar-refractivity contribution in [2.24, 2.45) is 0 Å². The van der Waals surface area contributed by atoms with Crippen molar-refractivity contribution in [2.75, 3.05) is 0 Å². The van der Waals surface area contributed by atoms with Crippen molar-refractivity contribution < 1.29 is 4.42 Å². The highest BCUT2D eigenvalue weighted by molar-refractivity contribution is 5.81. The van der Waals surface area contributed by atoms with Crippen LogP contribution < -0.4 is 0 Å². The third-order valence-electron chi connectivity index (χ3n) is 2.28. The highest BCUT2D eigenvalue weighted by Gasteiger charge is 2.04. The molecule has 0 spiro atoms. The fourth-order valence-corrected chi connectivity index (χ4v) is 1.66. The average Bonchev–Trinajstić information content (AvgIpc) is 2.55. The van der Waals surface area contributed by atoms with E-state index in [1.54, 1.807) is 0 Å². The first-order valence-electron chi connectivity index (χ1n) is 4.66. The molecule has 1 heterocycles. The minimum absolute atomic E-state index is 0.559. The van der Waals surface area contributed by atoms with Crippen molar-refractivity contribution in [2.45, 2.75) is 19.8 Å². The topological polar surface area (TPSA) is 36.9 Å². The summed E-state index contributed by atoms with van der Waals surface area (Å²) in [6.07, 6.45) is 1.36. The average molecular weight is 185 g/mol. The van der Waals surface area contributed by atoms with Crippen LogP contribution in [-0.2, 0) is 6.42 Å². The van der Waals surface area contributed by atoms with Crippen LogP contribution in [0.2, 0.25) is 0 Å². The van der Waals surface area contributed by atoms with Gasteiger partial charge in [0, 0.05) is 11.8 Å². The minimum Gasteiger partial charge on any atom is -0.461 e. The number of fused-ring (bicyclic) bond motifs is 1. The Bertz CT molecular complexity index is 490. The first-order valence-corrected chi connectivity index (χ1v) is 4.66. The summed E-state index contributed by atoms with van der Waals surface area (Å²) in [6.45, 7) is 1.94. The number of hydrogen-bond acceptors (Lipinski definition) is 2. The van der Waals surface area contributed by atoms with E-state index in [9.17, 15) is 0 Å². The van der Waals surface area contributed by atoms with Crippen LogP contribution in [0.5, 0.6) is 0 Å². The third kappa shape index (κ3) is 1.49. The fourth-order valence-electron chi connectivity index (χ4n) is 1.66. The van der Waals surface area contributed by atoms with Crippen LogP contribution in [0.4, 0.5) is 0 Å². The second kappa shape index (κ2) is 3.55. The Morgan fingerprint density at radius 1 is 1.43 bits per heavy atom. The van der Waals surface area contributed by atoms with E-state index in [4.69, 9.17) is 9.68 Å². The van der Waals surface area contributed by atoms with Gasteiger partial charge in [0.05, 0.1) is 6.07 Å². The van der Waals surface area contributed by atoms with E-state index in [-0.39, 0.29) is 0 Å². The predicted molar refractivity (Wildman–Crippen MR) is 54.9 cm³/mol. The molecule has 0 radical (unpaired) electrons. The molecule has 0 saturated carbocycles. The summed E-state index contributed by atoms with van der Waals surface area (Å²) in [5, 5.41) is 9.67. The second-order valence-electron chi connectivity index (χ2n) is 3.34. The molecule has 0 amide bonds. The van der Waals surface area contributed by atoms with Crippen molar-refractivity contribution in [1.29, 1.82) is 5.26 Å². The zero-order valence-corrected chi connectivity index (χ0v) is 8.08. The molecular weight excluding hydrogens is 174 g/mol. The number of rotatable bonds is 2. The molecular formula is C12H11NO. The lowest BCUT2D eigenvalue weighted by molar-refractivity contribution is 0.578. The number of aryl methyl sites for hydroxylation is 2. The number of nitrogens with zero attached hydrogens (tertiary/aromatic N) is 1. The number of benzene rings is 1. The molecule has 0 unspecified atom stereocenters. The van der Waals surface area contributed by atoms with Gasteiger partial charge in [0.1, 0.15) is 11.3 Å². The molecule has 0 fully saturated rings. The molecule has 0 bridgehead atoms. The first-order chi connectivity index (χ1) is 6.81. The lowest BCUT2D eigenvalue weighted by Crippen LogP contribution is -1.83. The molecule has 2 aromatic rings. The van der Waals surface area contributed by atoms with Gasteiger partial charge in [-0.1, -0.05) is 12.1 Å². The zero-order valence-electron chi connectivity index (χ0n) is 8.08. The van der Waals surface area contributed by atoms with Crippen molar-refractivity contribution in [3.05, 3.63) is 35.6 Å². The van der Waals surface area contributed by atoms with Crippen LogP contribution in [0.25, 0.3) is 11.0 Å². The Hall–Kier alpha value is -1.75. The Morgan fingerprint density at radius 3 is 3.07 bits per heavy atom. The maximum Gasteiger partial charge on any atom is 0.134 e. The van der Waals surface area contributed by atoms with Crippen LogP contribution in [0.15, 0.2) is 28.7 Å². The quantitative estimate of drug-likeness (QED) is 0.720. The van der Waals surface area contributed by atoms with Gasteiger partial charge in [-0.3, -0.25) is 0 Å². The predicted octanol–water partition coefficient (Wildman–Crippen LogP) is 3.20. The lowest BCUT2D eigenvalue weighted by atomic mass is 10.1. The molecule has 2 rings (SSSR count). The largest absolute Gasteiger partial charge is 0.461 e. The summed E-state index contributed by atoms with van der Waals surface area (Å²) in [5.41, 5.74) is 2.11. The maximum atomic E-state index is 8.53. The molecule has 0 aliphatic heterocycles. The molecule has 0 atom stereocenters. The molecule has 0 aliphatic rings. The van der Waals surface area contributed by atoms with Gasteiger partial charge >= 0.3 is 0 Å². The summed E-state index contributed by atoms with van der Waals surface area (Å²) in [7, 11) is 0. The number of hydrogen-bond donors (Lipinski definition) is 0. The van der Waals surface area contributed by atoms with Crippen LogP contribution in [0.3, 0.4) is 0 Å². The third-order valence-corrected chi connectivity index (χ3v) is 2.28. The van der Waals surface area contributed by atoms with Crippen LogP contribution in [0, 0.1) is 18.3 Å². The summed E-state index contributed by atoms with van der Waals surface area (Å²) in [6, 6.07) is 10.2. The van der Waals surface area contributed by atoms with Gasteiger partial charge < -0.3 is 4.42 Å². The first kappa shape index (κ1) is 8.83. The summed E-state index contributed by atoms with van der Waals surface area (Å²) in [5.74, 6) is 0.921. The van der Waals surface area contributed by atoms with Gasteiger partial charge in [-0.25, -0.2) is 0 Å². The van der Waals surface area contributed by atoms with Crippen molar-refractivity contribution >= 4 is 11.0 Å². The van der Waals surface area contributed by atoms with E-state index in [1.165, 1.54) is 5.56 Å². The molecule has 0 saturated heterocycles. The van der Waals surface area contributed by atoms with Gasteiger partial charge in [0.15, 0.2) is 0 Å². The molecule has 0 aliphatic carbocycles. The lowest BCUT2D eigenvalue weighted by Gasteiger charge is -1.97. The highest BCUT2D eigenvalue weighted by Crippen LogP contribution is 2.23. The normalized spacial score (nSPS) is 10.3. The van der Waals surface area contributed by atoms with Gasteiger partial charge in [-0.05, 0) is 31.0 Å². The molecule has 2 heteroatoms. The van der Waals surface area contributed by atoms with Crippen molar-refractivity contribution in [3.8, 4) is 6.07 Å². The van der Waals surface area contributed by atoms with Crippen molar-refractivity contribution in [1.82, 2.24) is 0 Å². The standard InChI is InChI=1S/C12H11NO/c1-9-8-11-10(5-3-7-13)4-2-6-12(11)14-9/h2,4,6,8H,3,5H2,1H3. The number of nitriles is 1. The van der Waals surface area contributed by atoms with E-state index in [2.05, 4.69) is 12.1 Å².